The van der Waals surface area contributed by atoms with Gasteiger partial charge in [-0.05, 0) is 41.5 Å². The maximum atomic E-state index is 13.2. The zero-order valence-corrected chi connectivity index (χ0v) is 12.4. The van der Waals surface area contributed by atoms with Crippen molar-refractivity contribution in [2.75, 3.05) is 13.7 Å². The Morgan fingerprint density at radius 2 is 1.78 bits per heavy atom. The molecule has 0 N–H and O–H groups in total. The third-order valence-electron chi connectivity index (χ3n) is 3.68. The van der Waals surface area contributed by atoms with Gasteiger partial charge in [0, 0.05) is 5.22 Å². The summed E-state index contributed by atoms with van der Waals surface area (Å²) in [5.74, 6) is 0.698. The van der Waals surface area contributed by atoms with Gasteiger partial charge in [0.2, 0.25) is 0 Å². The van der Waals surface area contributed by atoms with Crippen LogP contribution < -0.4 is 15.3 Å². The summed E-state index contributed by atoms with van der Waals surface area (Å²) < 4.78 is 44.8. The van der Waals surface area contributed by atoms with Crippen LogP contribution in [0.5, 0.6) is 5.75 Å². The molecule has 0 radical (unpaired) electrons. The Balaban J connectivity index is 2.16. The molecule has 0 bridgehead atoms. The Morgan fingerprint density at radius 3 is 2.43 bits per heavy atom. The second-order valence-corrected chi connectivity index (χ2v) is 5.11. The quantitative estimate of drug-likeness (QED) is 0.833. The lowest BCUT2D eigenvalue weighted by Crippen LogP contribution is -2.32. The van der Waals surface area contributed by atoms with Gasteiger partial charge in [-0.2, -0.15) is 13.2 Å². The van der Waals surface area contributed by atoms with Crippen LogP contribution in [-0.2, 0) is 6.18 Å². The first kappa shape index (κ1) is 15.3. The Kier molecular flexibility index (Phi) is 3.94. The molecule has 23 heavy (non-hydrogen) atoms. The Labute approximate surface area is 131 Å². The first-order valence-corrected chi connectivity index (χ1v) is 7.06. The highest BCUT2D eigenvalue weighted by molar-refractivity contribution is 5.89. The third kappa shape index (κ3) is 3.13. The van der Waals surface area contributed by atoms with Gasteiger partial charge in [0.25, 0.3) is 0 Å². The van der Waals surface area contributed by atoms with E-state index >= 15 is 0 Å². The molecule has 1 aliphatic rings. The van der Waals surface area contributed by atoms with Crippen LogP contribution in [0, 0.1) is 0 Å². The molecule has 0 aromatic heterocycles. The van der Waals surface area contributed by atoms with Gasteiger partial charge in [0.05, 0.1) is 24.6 Å². The highest BCUT2D eigenvalue weighted by Gasteiger charge is 2.32. The number of halogens is 3. The van der Waals surface area contributed by atoms with Crippen LogP contribution in [0.1, 0.15) is 11.1 Å². The maximum absolute atomic E-state index is 13.2. The molecule has 2 nitrogen and oxygen atoms in total. The van der Waals surface area contributed by atoms with E-state index in [1.807, 2.05) is 18.2 Å². The minimum Gasteiger partial charge on any atom is -0.497 e. The summed E-state index contributed by atoms with van der Waals surface area (Å²) in [6, 6.07) is 11.3. The van der Waals surface area contributed by atoms with Gasteiger partial charge in [-0.15, -0.1) is 0 Å². The van der Waals surface area contributed by atoms with E-state index < -0.39 is 11.7 Å². The summed E-state index contributed by atoms with van der Waals surface area (Å²) in [6.45, 7) is 0.339. The second kappa shape index (κ2) is 5.91. The first-order valence-electron chi connectivity index (χ1n) is 7.06. The van der Waals surface area contributed by atoms with Gasteiger partial charge in [-0.3, -0.25) is 4.99 Å². The van der Waals surface area contributed by atoms with Gasteiger partial charge < -0.3 is 4.74 Å². The second-order valence-electron chi connectivity index (χ2n) is 5.11. The fraction of sp³-hybridized carbons (Fsp3) is 0.167. The number of hydrogen-bond donors (Lipinski definition) is 0. The van der Waals surface area contributed by atoms with Crippen LogP contribution in [0.2, 0.25) is 0 Å². The molecule has 0 aliphatic carbocycles. The van der Waals surface area contributed by atoms with E-state index in [0.717, 1.165) is 11.6 Å². The largest absolute Gasteiger partial charge is 0.497 e. The lowest BCUT2D eigenvalue weighted by molar-refractivity contribution is -0.138. The van der Waals surface area contributed by atoms with Crippen LogP contribution in [0.4, 0.5) is 13.2 Å². The van der Waals surface area contributed by atoms with E-state index in [4.69, 9.17) is 4.74 Å². The highest BCUT2D eigenvalue weighted by atomic mass is 19.4. The predicted octanol–water partition coefficient (Wildman–Crippen LogP) is 3.21. The molecular weight excluding hydrogens is 303 g/mol. The van der Waals surface area contributed by atoms with E-state index in [9.17, 15) is 13.2 Å². The molecule has 0 spiro atoms. The summed E-state index contributed by atoms with van der Waals surface area (Å²) in [6.07, 6.45) is -1.04. The number of rotatable bonds is 2. The molecule has 0 saturated heterocycles. The van der Waals surface area contributed by atoms with Crippen LogP contribution in [0.3, 0.4) is 0 Å². The number of fused-ring (bicyclic) bond motifs is 1. The summed E-state index contributed by atoms with van der Waals surface area (Å²) in [5, 5.41) is 0.471. The normalized spacial score (nSPS) is 14.0. The summed E-state index contributed by atoms with van der Waals surface area (Å²) in [4.78, 5) is 4.24. The molecule has 0 saturated carbocycles. The maximum Gasteiger partial charge on any atom is 0.417 e. The highest BCUT2D eigenvalue weighted by Crippen LogP contribution is 2.27. The molecule has 118 valence electrons. The van der Waals surface area contributed by atoms with E-state index in [1.54, 1.807) is 31.4 Å². The average Bonchev–Trinajstić information content (AvgIpc) is 2.76. The van der Waals surface area contributed by atoms with Crippen molar-refractivity contribution in [3.63, 3.8) is 0 Å². The molecule has 3 rings (SSSR count). The van der Waals surface area contributed by atoms with Gasteiger partial charge >= 0.3 is 6.18 Å². The molecule has 0 amide bonds. The van der Waals surface area contributed by atoms with E-state index in [0.29, 0.717) is 23.2 Å². The zero-order chi connectivity index (χ0) is 16.4. The smallest absolute Gasteiger partial charge is 0.417 e. The summed E-state index contributed by atoms with van der Waals surface area (Å²) in [7, 11) is 1.57. The van der Waals surface area contributed by atoms with Crippen LogP contribution >= 0.6 is 0 Å². The zero-order valence-electron chi connectivity index (χ0n) is 12.4. The van der Waals surface area contributed by atoms with Gasteiger partial charge in [0.1, 0.15) is 5.75 Å². The van der Waals surface area contributed by atoms with Crippen molar-refractivity contribution in [3.05, 3.63) is 70.2 Å². The van der Waals surface area contributed by atoms with Gasteiger partial charge in [-0.1, -0.05) is 24.3 Å². The number of nitrogens with zero attached hydrogens (tertiary/aromatic N) is 1. The molecule has 1 aliphatic heterocycles. The Bertz CT molecular complexity index is 865. The molecule has 0 unspecified atom stereocenters. The van der Waals surface area contributed by atoms with Crippen LogP contribution in [0.25, 0.3) is 11.6 Å². The van der Waals surface area contributed by atoms with Crippen molar-refractivity contribution in [2.45, 2.75) is 6.18 Å². The van der Waals surface area contributed by atoms with Crippen LogP contribution in [0.15, 0.2) is 53.5 Å². The SMILES string of the molecule is COc1ccc(C2=CCN=c3cccc(C(F)(F)F)c3=C2)cc1. The minimum absolute atomic E-state index is 0.111. The predicted molar refractivity (Wildman–Crippen MR) is 82.5 cm³/mol. The van der Waals surface area contributed by atoms with E-state index in [2.05, 4.69) is 4.99 Å². The Morgan fingerprint density at radius 1 is 1.04 bits per heavy atom. The molecule has 0 atom stereocenters. The first-order chi connectivity index (χ1) is 11.0. The van der Waals surface area contributed by atoms with Crippen molar-refractivity contribution in [3.8, 4) is 5.75 Å². The number of benzene rings is 2. The fourth-order valence-electron chi connectivity index (χ4n) is 2.53. The number of hydrogen-bond acceptors (Lipinski definition) is 2. The van der Waals surface area contributed by atoms with Gasteiger partial charge in [-0.25, -0.2) is 0 Å². The number of methoxy groups -OCH3 is 1. The molecule has 5 heteroatoms. The molecule has 0 fully saturated rings. The standard InChI is InChI=1S/C18H14F3NO/c1-23-14-7-5-12(6-8-14)13-9-10-22-17-4-2-3-16(15(17)11-13)18(19,20)21/h2-9,11H,10H2,1H3. The fourth-order valence-corrected chi connectivity index (χ4v) is 2.53. The summed E-state index contributed by atoms with van der Waals surface area (Å²) in [5.41, 5.74) is 0.873. The minimum atomic E-state index is -4.41. The molecule has 2 aromatic carbocycles. The monoisotopic (exact) mass is 317 g/mol. The van der Waals surface area contributed by atoms with Crippen molar-refractivity contribution in [2.24, 2.45) is 4.99 Å². The number of allylic oxidation sites excluding steroid dienone is 1. The number of ether oxygens (including phenoxy) is 1. The molecule has 1 heterocycles. The van der Waals surface area contributed by atoms with Crippen molar-refractivity contribution >= 4 is 11.6 Å². The topological polar surface area (TPSA) is 21.6 Å². The number of alkyl halides is 3. The molecular formula is C18H14F3NO. The lowest BCUT2D eigenvalue weighted by Gasteiger charge is -2.08. The molecule has 2 aromatic rings. The van der Waals surface area contributed by atoms with Crippen molar-refractivity contribution in [1.82, 2.24) is 0 Å². The van der Waals surface area contributed by atoms with Crippen LogP contribution in [-0.4, -0.2) is 13.7 Å². The average molecular weight is 317 g/mol. The van der Waals surface area contributed by atoms with Crippen molar-refractivity contribution in [1.29, 1.82) is 0 Å². The van der Waals surface area contributed by atoms with Gasteiger partial charge in [0.15, 0.2) is 0 Å². The van der Waals surface area contributed by atoms with E-state index in [-0.39, 0.29) is 5.22 Å². The Hall–Kier alpha value is -2.56. The lowest BCUT2D eigenvalue weighted by atomic mass is 10.0. The summed E-state index contributed by atoms with van der Waals surface area (Å²) >= 11 is 0. The van der Waals surface area contributed by atoms with E-state index in [1.165, 1.54) is 6.07 Å². The third-order valence-corrected chi connectivity index (χ3v) is 3.68. The van der Waals surface area contributed by atoms with Crippen molar-refractivity contribution < 1.29 is 17.9 Å².